The van der Waals surface area contributed by atoms with Gasteiger partial charge < -0.3 is 9.47 Å². The van der Waals surface area contributed by atoms with Crippen LogP contribution in [-0.4, -0.2) is 19.5 Å². The van der Waals surface area contributed by atoms with Crippen molar-refractivity contribution in [2.45, 2.75) is 19.1 Å². The third-order valence-corrected chi connectivity index (χ3v) is 4.22. The minimum atomic E-state index is -0.857. The molecule has 134 valence electrons. The summed E-state index contributed by atoms with van der Waals surface area (Å²) >= 11 is 0. The van der Waals surface area contributed by atoms with Crippen molar-refractivity contribution >= 4 is 0 Å². The van der Waals surface area contributed by atoms with Crippen LogP contribution in [0.1, 0.15) is 18.4 Å². The highest BCUT2D eigenvalue weighted by Gasteiger charge is 2.19. The van der Waals surface area contributed by atoms with E-state index >= 15 is 0 Å². The van der Waals surface area contributed by atoms with Crippen molar-refractivity contribution in [2.24, 2.45) is 5.92 Å². The molecule has 0 spiro atoms. The van der Waals surface area contributed by atoms with E-state index in [-0.39, 0.29) is 0 Å². The van der Waals surface area contributed by atoms with Gasteiger partial charge in [0.25, 0.3) is 0 Å². The third kappa shape index (κ3) is 4.78. The van der Waals surface area contributed by atoms with Crippen LogP contribution >= 0.6 is 0 Å². The molecule has 1 aliphatic heterocycles. The van der Waals surface area contributed by atoms with Gasteiger partial charge in [-0.1, -0.05) is 30.2 Å². The van der Waals surface area contributed by atoms with Gasteiger partial charge in [-0.25, -0.2) is 8.78 Å². The van der Waals surface area contributed by atoms with Gasteiger partial charge in [0.05, 0.1) is 13.2 Å². The fourth-order valence-electron chi connectivity index (χ4n) is 2.71. The van der Waals surface area contributed by atoms with Gasteiger partial charge in [0, 0.05) is 11.5 Å². The standard InChI is InChI=1S/C22H20F2O2/c1-2-3-4-17-14-25-22(26-15-17)12-7-16-5-8-18(9-6-16)19-10-11-20(23)21(24)13-19/h2,5-6,8-11,13,17,22H,1,3-4,14-15H2. The Hall–Kier alpha value is -2.48. The number of rotatable bonds is 4. The van der Waals surface area contributed by atoms with Gasteiger partial charge in [0.1, 0.15) is 0 Å². The first-order chi connectivity index (χ1) is 12.7. The monoisotopic (exact) mass is 354 g/mol. The van der Waals surface area contributed by atoms with E-state index in [9.17, 15) is 8.78 Å². The first-order valence-corrected chi connectivity index (χ1v) is 8.57. The van der Waals surface area contributed by atoms with Gasteiger partial charge in [0.2, 0.25) is 6.29 Å². The van der Waals surface area contributed by atoms with Crippen LogP contribution in [0.3, 0.4) is 0 Å². The van der Waals surface area contributed by atoms with Gasteiger partial charge in [-0.05, 0) is 54.2 Å². The minimum absolute atomic E-state index is 0.390. The average Bonchev–Trinajstić information content (AvgIpc) is 2.68. The van der Waals surface area contributed by atoms with E-state index in [0.29, 0.717) is 24.7 Å². The molecule has 4 heteroatoms. The molecule has 1 saturated heterocycles. The quantitative estimate of drug-likeness (QED) is 0.572. The van der Waals surface area contributed by atoms with Crippen LogP contribution in [0.2, 0.25) is 0 Å². The van der Waals surface area contributed by atoms with E-state index in [2.05, 4.69) is 18.4 Å². The van der Waals surface area contributed by atoms with Crippen LogP contribution in [-0.2, 0) is 9.47 Å². The SMILES string of the molecule is C=CCCC1COC(C#Cc2ccc(-c3ccc(F)c(F)c3)cc2)OC1. The lowest BCUT2D eigenvalue weighted by Gasteiger charge is -2.26. The highest BCUT2D eigenvalue weighted by molar-refractivity contribution is 5.64. The Morgan fingerprint density at radius 2 is 1.69 bits per heavy atom. The van der Waals surface area contributed by atoms with Crippen molar-refractivity contribution in [1.82, 2.24) is 0 Å². The van der Waals surface area contributed by atoms with Gasteiger partial charge in [0.15, 0.2) is 11.6 Å². The van der Waals surface area contributed by atoms with Crippen LogP contribution in [0, 0.1) is 29.4 Å². The predicted octanol–water partition coefficient (Wildman–Crippen LogP) is 4.94. The molecule has 0 aromatic heterocycles. The third-order valence-electron chi connectivity index (χ3n) is 4.22. The van der Waals surface area contributed by atoms with Crippen molar-refractivity contribution in [3.63, 3.8) is 0 Å². The summed E-state index contributed by atoms with van der Waals surface area (Å²) in [6.07, 6.45) is 3.35. The molecule has 0 saturated carbocycles. The smallest absolute Gasteiger partial charge is 0.222 e. The molecule has 26 heavy (non-hydrogen) atoms. The summed E-state index contributed by atoms with van der Waals surface area (Å²) in [5, 5.41) is 0. The summed E-state index contributed by atoms with van der Waals surface area (Å²) in [6, 6.07) is 11.2. The number of hydrogen-bond acceptors (Lipinski definition) is 2. The first-order valence-electron chi connectivity index (χ1n) is 8.57. The van der Waals surface area contributed by atoms with Crippen molar-refractivity contribution in [3.05, 3.63) is 72.3 Å². The first kappa shape index (κ1) is 18.3. The highest BCUT2D eigenvalue weighted by atomic mass is 19.2. The lowest BCUT2D eigenvalue weighted by atomic mass is 10.0. The average molecular weight is 354 g/mol. The van der Waals surface area contributed by atoms with Crippen molar-refractivity contribution in [3.8, 4) is 23.0 Å². The molecule has 0 aliphatic carbocycles. The summed E-state index contributed by atoms with van der Waals surface area (Å²) in [6.45, 7) is 5.00. The Morgan fingerprint density at radius 1 is 1.00 bits per heavy atom. The second-order valence-electron chi connectivity index (χ2n) is 6.21. The highest BCUT2D eigenvalue weighted by Crippen LogP contribution is 2.22. The molecule has 1 fully saturated rings. The lowest BCUT2D eigenvalue weighted by molar-refractivity contribution is -0.169. The number of allylic oxidation sites excluding steroid dienone is 1. The number of ether oxygens (including phenoxy) is 2. The van der Waals surface area contributed by atoms with Crippen molar-refractivity contribution in [1.29, 1.82) is 0 Å². The maximum absolute atomic E-state index is 13.3. The van der Waals surface area contributed by atoms with E-state index in [1.807, 2.05) is 30.3 Å². The second kappa shape index (κ2) is 8.75. The Balaban J connectivity index is 1.59. The molecule has 0 atom stereocenters. The number of halogens is 2. The zero-order chi connectivity index (χ0) is 18.4. The molecule has 0 bridgehead atoms. The van der Waals surface area contributed by atoms with Crippen LogP contribution in [0.15, 0.2) is 55.1 Å². The molecule has 3 rings (SSSR count). The van der Waals surface area contributed by atoms with E-state index in [1.165, 1.54) is 6.07 Å². The topological polar surface area (TPSA) is 18.5 Å². The molecule has 1 heterocycles. The largest absolute Gasteiger partial charge is 0.342 e. The number of benzene rings is 2. The fourth-order valence-corrected chi connectivity index (χ4v) is 2.71. The summed E-state index contributed by atoms with van der Waals surface area (Å²) < 4.78 is 37.6. The summed E-state index contributed by atoms with van der Waals surface area (Å²) in [5.41, 5.74) is 2.22. The molecule has 0 unspecified atom stereocenters. The van der Waals surface area contributed by atoms with Crippen LogP contribution in [0.5, 0.6) is 0 Å². The summed E-state index contributed by atoms with van der Waals surface area (Å²) in [7, 11) is 0. The van der Waals surface area contributed by atoms with E-state index < -0.39 is 17.9 Å². The normalized spacial score (nSPS) is 19.5. The van der Waals surface area contributed by atoms with E-state index in [4.69, 9.17) is 9.47 Å². The molecular weight excluding hydrogens is 334 g/mol. The van der Waals surface area contributed by atoms with Crippen LogP contribution in [0.4, 0.5) is 8.78 Å². The second-order valence-corrected chi connectivity index (χ2v) is 6.21. The fraction of sp³-hybridized carbons (Fsp3) is 0.273. The Kier molecular flexibility index (Phi) is 6.17. The van der Waals surface area contributed by atoms with Gasteiger partial charge >= 0.3 is 0 Å². The maximum atomic E-state index is 13.3. The summed E-state index contributed by atoms with van der Waals surface area (Å²) in [5.74, 6) is 4.67. The van der Waals surface area contributed by atoms with Gasteiger partial charge in [-0.2, -0.15) is 0 Å². The van der Waals surface area contributed by atoms with Crippen LogP contribution in [0.25, 0.3) is 11.1 Å². The molecule has 2 nitrogen and oxygen atoms in total. The molecule has 0 N–H and O–H groups in total. The van der Waals surface area contributed by atoms with Crippen molar-refractivity contribution < 1.29 is 18.3 Å². The number of hydrogen-bond donors (Lipinski definition) is 0. The molecule has 0 radical (unpaired) electrons. The Labute approximate surface area is 152 Å². The maximum Gasteiger partial charge on any atom is 0.222 e. The molecule has 2 aromatic carbocycles. The van der Waals surface area contributed by atoms with E-state index in [1.54, 1.807) is 6.07 Å². The molecular formula is C22H20F2O2. The van der Waals surface area contributed by atoms with Crippen molar-refractivity contribution in [2.75, 3.05) is 13.2 Å². The summed E-state index contributed by atoms with van der Waals surface area (Å²) in [4.78, 5) is 0. The minimum Gasteiger partial charge on any atom is -0.342 e. The Morgan fingerprint density at radius 3 is 2.35 bits per heavy atom. The lowest BCUT2D eigenvalue weighted by Crippen LogP contribution is -2.31. The van der Waals surface area contributed by atoms with Gasteiger partial charge in [-0.3, -0.25) is 0 Å². The zero-order valence-corrected chi connectivity index (χ0v) is 14.4. The Bertz CT molecular complexity index is 810. The zero-order valence-electron chi connectivity index (χ0n) is 14.4. The van der Waals surface area contributed by atoms with Gasteiger partial charge in [-0.15, -0.1) is 6.58 Å². The predicted molar refractivity (Wildman–Crippen MR) is 97.3 cm³/mol. The van der Waals surface area contributed by atoms with Crippen LogP contribution < -0.4 is 0 Å². The molecule has 2 aromatic rings. The molecule has 0 amide bonds. The molecule has 1 aliphatic rings. The van der Waals surface area contributed by atoms with E-state index in [0.717, 1.165) is 30.0 Å².